The van der Waals surface area contributed by atoms with Gasteiger partial charge in [-0.2, -0.15) is 5.26 Å². The van der Waals surface area contributed by atoms with Gasteiger partial charge in [0.15, 0.2) is 6.19 Å². The Bertz CT molecular complexity index is 619. The molecular weight excluding hydrogens is 286 g/mol. The van der Waals surface area contributed by atoms with Crippen molar-refractivity contribution in [2.24, 2.45) is 0 Å². The van der Waals surface area contributed by atoms with Gasteiger partial charge >= 0.3 is 12.0 Å². The summed E-state index contributed by atoms with van der Waals surface area (Å²) in [6.45, 7) is 0.0393. The van der Waals surface area contributed by atoms with E-state index in [0.29, 0.717) is 17.4 Å². The number of hydrogen-bond donors (Lipinski definition) is 1. The van der Waals surface area contributed by atoms with Crippen molar-refractivity contribution in [3.05, 3.63) is 48.0 Å². The number of rotatable bonds is 5. The van der Waals surface area contributed by atoms with Gasteiger partial charge < -0.3 is 5.11 Å². The lowest BCUT2D eigenvalue weighted by atomic mass is 10.1. The fourth-order valence-corrected chi connectivity index (χ4v) is 1.64. The Morgan fingerprint density at radius 1 is 1.23 bits per heavy atom. The Balaban J connectivity index is 2.86. The molecule has 0 spiro atoms. The maximum Gasteiger partial charge on any atom is 0.339 e. The number of carbonyl (C=O) groups is 3. The van der Waals surface area contributed by atoms with Gasteiger partial charge in [0, 0.05) is 25.7 Å². The van der Waals surface area contributed by atoms with Crippen LogP contribution in [-0.2, 0) is 16.0 Å². The summed E-state index contributed by atoms with van der Waals surface area (Å²) >= 11 is 0. The van der Waals surface area contributed by atoms with E-state index >= 15 is 0 Å². The van der Waals surface area contributed by atoms with Gasteiger partial charge in [0.05, 0.1) is 0 Å². The van der Waals surface area contributed by atoms with E-state index in [2.05, 4.69) is 0 Å². The fourth-order valence-electron chi connectivity index (χ4n) is 1.64. The number of amides is 3. The molecule has 1 aromatic rings. The Labute approximate surface area is 127 Å². The molecule has 3 amide bonds. The van der Waals surface area contributed by atoms with E-state index in [1.54, 1.807) is 6.19 Å². The molecule has 1 N–H and O–H groups in total. The van der Waals surface area contributed by atoms with Crippen LogP contribution in [0.2, 0.25) is 0 Å². The van der Waals surface area contributed by atoms with Gasteiger partial charge in [-0.25, -0.2) is 14.5 Å². The molecule has 0 aliphatic rings. The third kappa shape index (κ3) is 5.09. The van der Waals surface area contributed by atoms with Gasteiger partial charge in [-0.05, 0) is 12.0 Å². The highest BCUT2D eigenvalue weighted by Gasteiger charge is 2.22. The number of imide groups is 1. The predicted octanol–water partition coefficient (Wildman–Crippen LogP) is 1.23. The van der Waals surface area contributed by atoms with Crippen LogP contribution in [0.4, 0.5) is 4.79 Å². The smallest absolute Gasteiger partial charge is 0.339 e. The maximum absolute atomic E-state index is 12.0. The summed E-state index contributed by atoms with van der Waals surface area (Å²) in [5.74, 6) is -2.08. The van der Waals surface area contributed by atoms with Crippen molar-refractivity contribution < 1.29 is 19.5 Å². The second kappa shape index (κ2) is 8.21. The molecule has 1 rings (SSSR count). The van der Waals surface area contributed by atoms with Gasteiger partial charge in [0.1, 0.15) is 0 Å². The predicted molar refractivity (Wildman–Crippen MR) is 77.4 cm³/mol. The van der Waals surface area contributed by atoms with Crippen LogP contribution < -0.4 is 0 Å². The van der Waals surface area contributed by atoms with Crippen molar-refractivity contribution in [1.29, 1.82) is 5.26 Å². The molecule has 114 valence electrons. The topological polar surface area (TPSA) is 102 Å². The number of carboxylic acids is 1. The lowest BCUT2D eigenvalue weighted by Crippen LogP contribution is -2.43. The van der Waals surface area contributed by atoms with E-state index in [9.17, 15) is 14.4 Å². The van der Waals surface area contributed by atoms with E-state index in [1.165, 1.54) is 7.05 Å². The monoisotopic (exact) mass is 301 g/mol. The Morgan fingerprint density at radius 3 is 2.41 bits per heavy atom. The van der Waals surface area contributed by atoms with Gasteiger partial charge in [-0.1, -0.05) is 30.3 Å². The molecule has 0 atom stereocenters. The van der Waals surface area contributed by atoms with E-state index in [-0.39, 0.29) is 6.54 Å². The van der Waals surface area contributed by atoms with Crippen molar-refractivity contribution in [3.8, 4) is 6.19 Å². The molecule has 22 heavy (non-hydrogen) atoms. The van der Waals surface area contributed by atoms with Crippen molar-refractivity contribution in [2.75, 3.05) is 13.6 Å². The molecule has 0 saturated carbocycles. The van der Waals surface area contributed by atoms with E-state index < -0.39 is 17.9 Å². The normalized spacial score (nSPS) is 10.0. The quantitative estimate of drug-likeness (QED) is 0.500. The number of nitriles is 1. The van der Waals surface area contributed by atoms with Crippen LogP contribution in [0, 0.1) is 11.5 Å². The van der Waals surface area contributed by atoms with Crippen molar-refractivity contribution in [1.82, 2.24) is 9.80 Å². The third-order valence-electron chi connectivity index (χ3n) is 2.77. The Kier molecular flexibility index (Phi) is 6.32. The number of carboxylic acid groups (broad SMARTS) is 1. The van der Waals surface area contributed by atoms with Crippen molar-refractivity contribution in [3.63, 3.8) is 0 Å². The molecule has 0 bridgehead atoms. The number of carbonyl (C=O) groups excluding carboxylic acids is 2. The van der Waals surface area contributed by atoms with Crippen LogP contribution in [-0.4, -0.2) is 46.4 Å². The van der Waals surface area contributed by atoms with Crippen LogP contribution in [0.3, 0.4) is 0 Å². The zero-order valence-electron chi connectivity index (χ0n) is 12.0. The minimum absolute atomic E-state index is 0.0393. The highest BCUT2D eigenvalue weighted by atomic mass is 16.4. The van der Waals surface area contributed by atoms with Gasteiger partial charge in [0.25, 0.3) is 5.91 Å². The fraction of sp³-hybridized carbons (Fsp3) is 0.200. The zero-order valence-corrected chi connectivity index (χ0v) is 12.0. The molecule has 0 saturated heterocycles. The molecule has 0 fully saturated rings. The SMILES string of the molecule is CN(C#N)C(=O)N(CCc1ccccc1)C(=O)/C=C/C(=O)O. The van der Waals surface area contributed by atoms with Gasteiger partial charge in [-0.3, -0.25) is 9.69 Å². The van der Waals surface area contributed by atoms with E-state index in [0.717, 1.165) is 16.5 Å². The molecule has 0 radical (unpaired) electrons. The van der Waals surface area contributed by atoms with Crippen LogP contribution in [0.5, 0.6) is 0 Å². The third-order valence-corrected chi connectivity index (χ3v) is 2.77. The standard InChI is InChI=1S/C15H15N3O4/c1-17(11-16)15(22)18(13(19)7-8-14(20)21)10-9-12-5-3-2-4-6-12/h2-8H,9-10H2,1H3,(H,20,21)/b8-7+. The number of nitrogens with zero attached hydrogens (tertiary/aromatic N) is 3. The first-order valence-corrected chi connectivity index (χ1v) is 6.39. The lowest BCUT2D eigenvalue weighted by Gasteiger charge is -2.21. The van der Waals surface area contributed by atoms with Crippen molar-refractivity contribution in [2.45, 2.75) is 6.42 Å². The molecule has 0 aliphatic carbocycles. The highest BCUT2D eigenvalue weighted by molar-refractivity contribution is 6.02. The second-order valence-corrected chi connectivity index (χ2v) is 4.34. The summed E-state index contributed by atoms with van der Waals surface area (Å²) in [4.78, 5) is 36.0. The molecular formula is C15H15N3O4. The summed E-state index contributed by atoms with van der Waals surface area (Å²) in [6, 6.07) is 8.38. The average molecular weight is 301 g/mol. The molecule has 7 nitrogen and oxygen atoms in total. The minimum atomic E-state index is -1.29. The molecule has 0 unspecified atom stereocenters. The lowest BCUT2D eigenvalue weighted by molar-refractivity contribution is -0.132. The largest absolute Gasteiger partial charge is 0.478 e. The Morgan fingerprint density at radius 2 is 1.86 bits per heavy atom. The van der Waals surface area contributed by atoms with Gasteiger partial charge in [0.2, 0.25) is 0 Å². The molecule has 0 aliphatic heterocycles. The summed E-state index contributed by atoms with van der Waals surface area (Å²) in [6.07, 6.45) is 3.45. The first kappa shape index (κ1) is 16.9. The summed E-state index contributed by atoms with van der Waals surface area (Å²) in [7, 11) is 1.23. The Hall–Kier alpha value is -3.14. The molecule has 7 heteroatoms. The summed E-state index contributed by atoms with van der Waals surface area (Å²) < 4.78 is 0. The minimum Gasteiger partial charge on any atom is -0.478 e. The average Bonchev–Trinajstić information content (AvgIpc) is 2.52. The van der Waals surface area contributed by atoms with Crippen molar-refractivity contribution >= 4 is 17.9 Å². The second-order valence-electron chi connectivity index (χ2n) is 4.34. The highest BCUT2D eigenvalue weighted by Crippen LogP contribution is 2.05. The number of hydrogen-bond acceptors (Lipinski definition) is 4. The van der Waals surface area contributed by atoms with Crippen LogP contribution in [0.15, 0.2) is 42.5 Å². The summed E-state index contributed by atoms with van der Waals surface area (Å²) in [5, 5.41) is 17.3. The number of benzene rings is 1. The van der Waals surface area contributed by atoms with Crippen LogP contribution in [0.25, 0.3) is 0 Å². The van der Waals surface area contributed by atoms with Crippen LogP contribution in [0.1, 0.15) is 5.56 Å². The molecule has 0 aromatic heterocycles. The van der Waals surface area contributed by atoms with E-state index in [1.807, 2.05) is 30.3 Å². The zero-order chi connectivity index (χ0) is 16.5. The first-order valence-electron chi connectivity index (χ1n) is 6.39. The van der Waals surface area contributed by atoms with Gasteiger partial charge in [-0.15, -0.1) is 0 Å². The first-order chi connectivity index (χ1) is 10.5. The van der Waals surface area contributed by atoms with Crippen LogP contribution >= 0.6 is 0 Å². The number of aliphatic carboxylic acids is 1. The molecule has 1 aromatic carbocycles. The maximum atomic E-state index is 12.0. The van der Waals surface area contributed by atoms with E-state index in [4.69, 9.17) is 10.4 Å². The number of urea groups is 1. The molecule has 0 heterocycles. The summed E-state index contributed by atoms with van der Waals surface area (Å²) in [5.41, 5.74) is 0.912.